The van der Waals surface area contributed by atoms with Gasteiger partial charge in [0, 0.05) is 34.8 Å². The molecule has 3 aromatic heterocycles. The standard InChI is InChI=1S/C16H13N7O/c1-23-8-18-16(22-23)9-3-2-4-12-11(9)7-13(20-12)10-5-6-19-21-14(10)15(17)24/h2-8,20H,1H3,(H2,17,24). The lowest BCUT2D eigenvalue weighted by atomic mass is 10.1. The molecule has 8 nitrogen and oxygen atoms in total. The molecule has 0 unspecified atom stereocenters. The molecule has 0 fully saturated rings. The number of benzene rings is 1. The average Bonchev–Trinajstić information content (AvgIpc) is 3.20. The monoisotopic (exact) mass is 319 g/mol. The average molecular weight is 319 g/mol. The highest BCUT2D eigenvalue weighted by atomic mass is 16.1. The van der Waals surface area contributed by atoms with Crippen molar-refractivity contribution >= 4 is 16.8 Å². The van der Waals surface area contributed by atoms with Crippen molar-refractivity contribution in [3.63, 3.8) is 0 Å². The van der Waals surface area contributed by atoms with E-state index in [1.807, 2.05) is 31.3 Å². The van der Waals surface area contributed by atoms with Crippen molar-refractivity contribution in [1.29, 1.82) is 0 Å². The van der Waals surface area contributed by atoms with E-state index in [4.69, 9.17) is 5.73 Å². The van der Waals surface area contributed by atoms with E-state index in [1.165, 1.54) is 6.20 Å². The number of nitrogens with one attached hydrogen (secondary N) is 1. The van der Waals surface area contributed by atoms with Gasteiger partial charge in [0.25, 0.3) is 5.91 Å². The van der Waals surface area contributed by atoms with Crippen LogP contribution in [0.3, 0.4) is 0 Å². The molecular weight excluding hydrogens is 306 g/mol. The summed E-state index contributed by atoms with van der Waals surface area (Å²) >= 11 is 0. The number of nitrogens with zero attached hydrogens (tertiary/aromatic N) is 5. The van der Waals surface area contributed by atoms with E-state index in [0.29, 0.717) is 11.4 Å². The van der Waals surface area contributed by atoms with Crippen LogP contribution in [0.4, 0.5) is 0 Å². The van der Waals surface area contributed by atoms with Gasteiger partial charge in [-0.15, -0.1) is 5.10 Å². The molecule has 3 heterocycles. The molecule has 0 saturated heterocycles. The van der Waals surface area contributed by atoms with E-state index >= 15 is 0 Å². The van der Waals surface area contributed by atoms with Crippen LogP contribution >= 0.6 is 0 Å². The highest BCUT2D eigenvalue weighted by Gasteiger charge is 2.16. The molecule has 118 valence electrons. The van der Waals surface area contributed by atoms with Gasteiger partial charge in [0.2, 0.25) is 0 Å². The number of aromatic amines is 1. The maximum atomic E-state index is 11.6. The van der Waals surface area contributed by atoms with Gasteiger partial charge in [-0.1, -0.05) is 12.1 Å². The van der Waals surface area contributed by atoms with Crippen molar-refractivity contribution in [2.45, 2.75) is 0 Å². The molecule has 1 aromatic carbocycles. The predicted molar refractivity (Wildman–Crippen MR) is 87.8 cm³/mol. The number of primary amides is 1. The minimum Gasteiger partial charge on any atom is -0.364 e. The normalized spacial score (nSPS) is 11.0. The molecule has 0 atom stereocenters. The summed E-state index contributed by atoms with van der Waals surface area (Å²) in [5.74, 6) is 0.0139. The molecule has 0 saturated carbocycles. The number of amides is 1. The Balaban J connectivity index is 1.93. The second kappa shape index (κ2) is 5.27. The van der Waals surface area contributed by atoms with Gasteiger partial charge in [0.1, 0.15) is 6.33 Å². The van der Waals surface area contributed by atoms with Crippen LogP contribution in [-0.2, 0) is 7.05 Å². The fourth-order valence-corrected chi connectivity index (χ4v) is 2.69. The quantitative estimate of drug-likeness (QED) is 0.594. The van der Waals surface area contributed by atoms with E-state index in [2.05, 4.69) is 25.3 Å². The largest absolute Gasteiger partial charge is 0.364 e. The van der Waals surface area contributed by atoms with Crippen LogP contribution in [0.2, 0.25) is 0 Å². The van der Waals surface area contributed by atoms with Crippen LogP contribution in [0.15, 0.2) is 42.9 Å². The van der Waals surface area contributed by atoms with E-state index in [0.717, 1.165) is 22.2 Å². The van der Waals surface area contributed by atoms with E-state index in [1.54, 1.807) is 17.1 Å². The molecule has 0 aliphatic carbocycles. The minimum absolute atomic E-state index is 0.126. The third-order valence-electron chi connectivity index (χ3n) is 3.75. The first-order chi connectivity index (χ1) is 11.6. The fraction of sp³-hybridized carbons (Fsp3) is 0.0625. The Labute approximate surface area is 136 Å². The molecule has 0 radical (unpaired) electrons. The zero-order chi connectivity index (χ0) is 16.7. The number of rotatable bonds is 3. The van der Waals surface area contributed by atoms with Crippen molar-refractivity contribution in [1.82, 2.24) is 29.9 Å². The third kappa shape index (κ3) is 2.21. The molecular formula is C16H13N7O. The summed E-state index contributed by atoms with van der Waals surface area (Å²) in [5.41, 5.74) is 8.66. The number of carbonyl (C=O) groups excluding carboxylic acids is 1. The zero-order valence-electron chi connectivity index (χ0n) is 12.8. The first-order valence-corrected chi connectivity index (χ1v) is 7.23. The van der Waals surface area contributed by atoms with Crippen LogP contribution in [0.1, 0.15) is 10.5 Å². The summed E-state index contributed by atoms with van der Waals surface area (Å²) in [5, 5.41) is 12.9. The van der Waals surface area contributed by atoms with Gasteiger partial charge in [-0.25, -0.2) is 4.98 Å². The number of H-pyrrole nitrogens is 1. The zero-order valence-corrected chi connectivity index (χ0v) is 12.8. The molecule has 24 heavy (non-hydrogen) atoms. The summed E-state index contributed by atoms with van der Waals surface area (Å²) < 4.78 is 1.65. The van der Waals surface area contributed by atoms with Gasteiger partial charge in [0.05, 0.1) is 6.20 Å². The number of aryl methyl sites for hydroxylation is 1. The molecule has 0 aliphatic heterocycles. The van der Waals surface area contributed by atoms with Crippen molar-refractivity contribution in [2.24, 2.45) is 12.8 Å². The first kappa shape index (κ1) is 14.1. The second-order valence-electron chi connectivity index (χ2n) is 5.35. The number of hydrogen-bond acceptors (Lipinski definition) is 5. The summed E-state index contributed by atoms with van der Waals surface area (Å²) in [6, 6.07) is 9.47. The maximum absolute atomic E-state index is 11.6. The Morgan fingerprint density at radius 3 is 2.88 bits per heavy atom. The minimum atomic E-state index is -0.622. The predicted octanol–water partition coefficient (Wildman–Crippen LogP) is 1.52. The highest BCUT2D eigenvalue weighted by Crippen LogP contribution is 2.31. The van der Waals surface area contributed by atoms with Gasteiger partial charge < -0.3 is 10.7 Å². The third-order valence-corrected chi connectivity index (χ3v) is 3.75. The molecule has 4 rings (SSSR count). The van der Waals surface area contributed by atoms with Crippen LogP contribution < -0.4 is 5.73 Å². The number of carbonyl (C=O) groups is 1. The summed E-state index contributed by atoms with van der Waals surface area (Å²) in [6.45, 7) is 0. The van der Waals surface area contributed by atoms with E-state index < -0.39 is 5.91 Å². The Kier molecular flexibility index (Phi) is 3.09. The van der Waals surface area contributed by atoms with E-state index in [9.17, 15) is 4.79 Å². The van der Waals surface area contributed by atoms with Crippen molar-refractivity contribution in [2.75, 3.05) is 0 Å². The van der Waals surface area contributed by atoms with Crippen LogP contribution in [0, 0.1) is 0 Å². The molecule has 0 bridgehead atoms. The first-order valence-electron chi connectivity index (χ1n) is 7.23. The number of aromatic nitrogens is 6. The highest BCUT2D eigenvalue weighted by molar-refractivity contribution is 6.01. The Morgan fingerprint density at radius 2 is 2.12 bits per heavy atom. The Hall–Kier alpha value is -3.55. The molecule has 4 aromatic rings. The molecule has 8 heteroatoms. The molecule has 3 N–H and O–H groups in total. The number of fused-ring (bicyclic) bond motifs is 1. The molecule has 0 spiro atoms. The second-order valence-corrected chi connectivity index (χ2v) is 5.35. The van der Waals surface area contributed by atoms with Crippen molar-refractivity contribution < 1.29 is 4.79 Å². The van der Waals surface area contributed by atoms with Gasteiger partial charge in [-0.05, 0) is 18.2 Å². The summed E-state index contributed by atoms with van der Waals surface area (Å²) in [7, 11) is 1.82. The fourth-order valence-electron chi connectivity index (χ4n) is 2.69. The number of hydrogen-bond donors (Lipinski definition) is 2. The summed E-state index contributed by atoms with van der Waals surface area (Å²) in [4.78, 5) is 19.2. The van der Waals surface area contributed by atoms with Crippen LogP contribution in [0.25, 0.3) is 33.5 Å². The van der Waals surface area contributed by atoms with E-state index in [-0.39, 0.29) is 5.69 Å². The van der Waals surface area contributed by atoms with Crippen LogP contribution in [-0.4, -0.2) is 35.9 Å². The lowest BCUT2D eigenvalue weighted by molar-refractivity contribution is 0.0995. The summed E-state index contributed by atoms with van der Waals surface area (Å²) in [6.07, 6.45) is 3.17. The lowest BCUT2D eigenvalue weighted by Crippen LogP contribution is -2.15. The smallest absolute Gasteiger partial charge is 0.269 e. The number of nitrogens with two attached hydrogens (primary N) is 1. The molecule has 1 amide bonds. The van der Waals surface area contributed by atoms with Gasteiger partial charge >= 0.3 is 0 Å². The van der Waals surface area contributed by atoms with Gasteiger partial charge in [-0.3, -0.25) is 9.48 Å². The molecule has 0 aliphatic rings. The van der Waals surface area contributed by atoms with Crippen molar-refractivity contribution in [3.8, 4) is 22.6 Å². The Bertz CT molecular complexity index is 1060. The Morgan fingerprint density at radius 1 is 1.25 bits per heavy atom. The van der Waals surface area contributed by atoms with Gasteiger partial charge in [-0.2, -0.15) is 10.2 Å². The maximum Gasteiger partial charge on any atom is 0.269 e. The lowest BCUT2D eigenvalue weighted by Gasteiger charge is -2.01. The van der Waals surface area contributed by atoms with Crippen molar-refractivity contribution in [3.05, 3.63) is 48.5 Å². The van der Waals surface area contributed by atoms with Gasteiger partial charge in [0.15, 0.2) is 11.5 Å². The van der Waals surface area contributed by atoms with Crippen LogP contribution in [0.5, 0.6) is 0 Å². The SMILES string of the molecule is Cn1cnc(-c2cccc3[nH]c(-c4ccnnc4C(N)=O)cc23)n1. The topological polar surface area (TPSA) is 115 Å².